The van der Waals surface area contributed by atoms with Crippen molar-refractivity contribution >= 4 is 11.7 Å². The number of nitrogens with two attached hydrogens (primary N) is 1. The number of nitrogens with zero attached hydrogens (tertiary/aromatic N) is 1. The van der Waals surface area contributed by atoms with Gasteiger partial charge in [-0.25, -0.2) is 4.98 Å². The molecular weight excluding hydrogens is 246 g/mol. The van der Waals surface area contributed by atoms with Crippen molar-refractivity contribution in [3.05, 3.63) is 23.9 Å². The van der Waals surface area contributed by atoms with Crippen molar-refractivity contribution < 1.29 is 14.3 Å². The van der Waals surface area contributed by atoms with Crippen molar-refractivity contribution in [2.45, 2.75) is 0 Å². The number of rotatable bonds is 6. The lowest BCUT2D eigenvalue weighted by Gasteiger charge is -2.05. The van der Waals surface area contributed by atoms with Gasteiger partial charge in [0.15, 0.2) is 0 Å². The Bertz CT molecular complexity index is 466. The highest BCUT2D eigenvalue weighted by atomic mass is 16.5. The van der Waals surface area contributed by atoms with E-state index in [4.69, 9.17) is 15.2 Å². The van der Waals surface area contributed by atoms with Crippen LogP contribution in [0.5, 0.6) is 0 Å². The predicted octanol–water partition coefficient (Wildman–Crippen LogP) is -0.00670. The number of amides is 1. The van der Waals surface area contributed by atoms with Crippen LogP contribution in [0.1, 0.15) is 5.56 Å². The van der Waals surface area contributed by atoms with E-state index in [9.17, 15) is 4.79 Å². The molecule has 6 heteroatoms. The minimum atomic E-state index is -0.271. The summed E-state index contributed by atoms with van der Waals surface area (Å²) < 4.78 is 9.89. The van der Waals surface area contributed by atoms with Crippen LogP contribution in [-0.2, 0) is 14.3 Å². The third-order valence-corrected chi connectivity index (χ3v) is 2.03. The fraction of sp³-hybridized carbons (Fsp3) is 0.385. The summed E-state index contributed by atoms with van der Waals surface area (Å²) in [6, 6.07) is 3.42. The van der Waals surface area contributed by atoms with Crippen LogP contribution < -0.4 is 11.1 Å². The van der Waals surface area contributed by atoms with Gasteiger partial charge in [-0.2, -0.15) is 0 Å². The molecule has 1 amide bonds. The van der Waals surface area contributed by atoms with Gasteiger partial charge < -0.3 is 20.5 Å². The number of carbonyl (C=O) groups excluding carboxylic acids is 1. The molecule has 0 unspecified atom stereocenters. The van der Waals surface area contributed by atoms with Crippen molar-refractivity contribution in [3.8, 4) is 11.8 Å². The predicted molar refractivity (Wildman–Crippen MR) is 71.5 cm³/mol. The molecule has 1 aromatic heterocycles. The van der Waals surface area contributed by atoms with Gasteiger partial charge in [0.2, 0.25) is 0 Å². The molecule has 3 N–H and O–H groups in total. The Morgan fingerprint density at radius 1 is 1.53 bits per heavy atom. The second kappa shape index (κ2) is 9.05. The summed E-state index contributed by atoms with van der Waals surface area (Å²) in [4.78, 5) is 15.5. The van der Waals surface area contributed by atoms with Crippen LogP contribution in [0.2, 0.25) is 0 Å². The van der Waals surface area contributed by atoms with Gasteiger partial charge in [0.05, 0.1) is 19.8 Å². The summed E-state index contributed by atoms with van der Waals surface area (Å²) in [6.45, 7) is 1.08. The number of hydrogen-bond donors (Lipinski definition) is 2. The number of methoxy groups -OCH3 is 1. The lowest BCUT2D eigenvalue weighted by atomic mass is 10.2. The minimum Gasteiger partial charge on any atom is -0.382 e. The van der Waals surface area contributed by atoms with Gasteiger partial charge in [0.1, 0.15) is 12.4 Å². The molecule has 1 aromatic rings. The molecule has 102 valence electrons. The molecule has 0 saturated heterocycles. The maximum absolute atomic E-state index is 11.5. The van der Waals surface area contributed by atoms with E-state index in [1.165, 1.54) is 0 Å². The molecule has 19 heavy (non-hydrogen) atoms. The van der Waals surface area contributed by atoms with Crippen molar-refractivity contribution in [1.29, 1.82) is 0 Å². The normalized spacial score (nSPS) is 9.58. The molecule has 0 fully saturated rings. The molecule has 1 rings (SSSR count). The van der Waals surface area contributed by atoms with Gasteiger partial charge in [0, 0.05) is 18.9 Å². The summed E-state index contributed by atoms with van der Waals surface area (Å²) in [5.41, 5.74) is 6.04. The Balaban J connectivity index is 2.45. The van der Waals surface area contributed by atoms with Crippen LogP contribution in [0.3, 0.4) is 0 Å². The topological polar surface area (TPSA) is 86.5 Å². The third-order valence-electron chi connectivity index (χ3n) is 2.03. The minimum absolute atomic E-state index is 0.0380. The molecule has 0 aromatic carbocycles. The van der Waals surface area contributed by atoms with E-state index in [2.05, 4.69) is 22.1 Å². The first kappa shape index (κ1) is 15.1. The molecule has 0 saturated carbocycles. The maximum atomic E-state index is 11.5. The third kappa shape index (κ3) is 6.52. The summed E-state index contributed by atoms with van der Waals surface area (Å²) in [7, 11) is 1.57. The smallest absolute Gasteiger partial charge is 0.251 e. The average molecular weight is 263 g/mol. The zero-order valence-corrected chi connectivity index (χ0v) is 10.8. The van der Waals surface area contributed by atoms with E-state index in [1.807, 2.05) is 0 Å². The Labute approximate surface area is 112 Å². The molecule has 0 bridgehead atoms. The van der Waals surface area contributed by atoms with Crippen molar-refractivity contribution in [2.75, 3.05) is 38.8 Å². The quantitative estimate of drug-likeness (QED) is 0.557. The first-order chi connectivity index (χ1) is 9.26. The van der Waals surface area contributed by atoms with Gasteiger partial charge in [-0.05, 0) is 12.1 Å². The average Bonchev–Trinajstić information content (AvgIpc) is 2.42. The molecule has 1 heterocycles. The Morgan fingerprint density at radius 3 is 3.11 bits per heavy atom. The number of ether oxygens (including phenoxy) is 2. The Hall–Kier alpha value is -1.94. The first-order valence-electron chi connectivity index (χ1n) is 5.77. The van der Waals surface area contributed by atoms with Crippen LogP contribution in [0, 0.1) is 11.8 Å². The van der Waals surface area contributed by atoms with E-state index in [0.717, 1.165) is 5.56 Å². The fourth-order valence-corrected chi connectivity index (χ4v) is 1.22. The van der Waals surface area contributed by atoms with E-state index in [0.29, 0.717) is 19.0 Å². The molecule has 0 aliphatic rings. The van der Waals surface area contributed by atoms with Crippen molar-refractivity contribution in [1.82, 2.24) is 4.98 Å². The second-order valence-electron chi connectivity index (χ2n) is 3.53. The summed E-state index contributed by atoms with van der Waals surface area (Å²) in [6.07, 6.45) is 1.57. The van der Waals surface area contributed by atoms with E-state index >= 15 is 0 Å². The van der Waals surface area contributed by atoms with Crippen LogP contribution in [0.4, 0.5) is 5.82 Å². The highest BCUT2D eigenvalue weighted by molar-refractivity contribution is 5.90. The maximum Gasteiger partial charge on any atom is 0.251 e. The first-order valence-corrected chi connectivity index (χ1v) is 5.77. The van der Waals surface area contributed by atoms with Crippen molar-refractivity contribution in [2.24, 2.45) is 5.73 Å². The SMILES string of the molecule is COCCOCC(=O)Nc1cc(C#CCN)ccn1. The van der Waals surface area contributed by atoms with Crippen LogP contribution >= 0.6 is 0 Å². The van der Waals surface area contributed by atoms with E-state index in [-0.39, 0.29) is 19.1 Å². The van der Waals surface area contributed by atoms with Gasteiger partial charge in [0.25, 0.3) is 5.91 Å². The fourth-order valence-electron chi connectivity index (χ4n) is 1.22. The second-order valence-corrected chi connectivity index (χ2v) is 3.53. The van der Waals surface area contributed by atoms with E-state index in [1.54, 1.807) is 25.4 Å². The number of nitrogens with one attached hydrogen (secondary N) is 1. The van der Waals surface area contributed by atoms with Crippen LogP contribution in [0.25, 0.3) is 0 Å². The summed E-state index contributed by atoms with van der Waals surface area (Å²) in [5.74, 6) is 5.76. The van der Waals surface area contributed by atoms with Crippen LogP contribution in [0.15, 0.2) is 18.3 Å². The summed E-state index contributed by atoms with van der Waals surface area (Å²) in [5, 5.41) is 2.62. The molecule has 6 nitrogen and oxygen atoms in total. The Kier molecular flexibility index (Phi) is 7.20. The number of anilines is 1. The highest BCUT2D eigenvalue weighted by Crippen LogP contribution is 2.05. The van der Waals surface area contributed by atoms with Crippen LogP contribution in [-0.4, -0.2) is 44.4 Å². The number of hydrogen-bond acceptors (Lipinski definition) is 5. The van der Waals surface area contributed by atoms with E-state index < -0.39 is 0 Å². The number of aromatic nitrogens is 1. The molecule has 0 spiro atoms. The standard InChI is InChI=1S/C13H17N3O3/c1-18-7-8-19-10-13(17)16-12-9-11(3-2-5-14)4-6-15-12/h4,6,9H,5,7-8,10,14H2,1H3,(H,15,16,17). The van der Waals surface area contributed by atoms with Crippen molar-refractivity contribution in [3.63, 3.8) is 0 Å². The van der Waals surface area contributed by atoms with Gasteiger partial charge in [-0.3, -0.25) is 4.79 Å². The monoisotopic (exact) mass is 263 g/mol. The van der Waals surface area contributed by atoms with Gasteiger partial charge in [-0.15, -0.1) is 0 Å². The zero-order chi connectivity index (χ0) is 13.9. The molecular formula is C13H17N3O3. The van der Waals surface area contributed by atoms with Gasteiger partial charge in [-0.1, -0.05) is 11.8 Å². The lowest BCUT2D eigenvalue weighted by molar-refractivity contribution is -0.121. The Morgan fingerprint density at radius 2 is 2.37 bits per heavy atom. The largest absolute Gasteiger partial charge is 0.382 e. The highest BCUT2D eigenvalue weighted by Gasteiger charge is 2.03. The zero-order valence-electron chi connectivity index (χ0n) is 10.8. The number of pyridine rings is 1. The lowest BCUT2D eigenvalue weighted by Crippen LogP contribution is -2.20. The molecule has 0 aliphatic carbocycles. The molecule has 0 aliphatic heterocycles. The molecule has 0 radical (unpaired) electrons. The number of carbonyl (C=O) groups is 1. The van der Waals surface area contributed by atoms with Gasteiger partial charge >= 0.3 is 0 Å². The summed E-state index contributed by atoms with van der Waals surface area (Å²) >= 11 is 0. The molecule has 0 atom stereocenters.